The van der Waals surface area contributed by atoms with Crippen LogP contribution >= 0.6 is 23.2 Å². The van der Waals surface area contributed by atoms with Crippen LogP contribution in [0.15, 0.2) is 97.1 Å². The van der Waals surface area contributed by atoms with E-state index in [-0.39, 0.29) is 59.6 Å². The molecule has 0 radical (unpaired) electrons. The van der Waals surface area contributed by atoms with Crippen molar-refractivity contribution in [2.24, 2.45) is 0 Å². The van der Waals surface area contributed by atoms with Crippen molar-refractivity contribution in [3.05, 3.63) is 158 Å². The van der Waals surface area contributed by atoms with Crippen molar-refractivity contribution in [3.63, 3.8) is 0 Å². The Morgan fingerprint density at radius 2 is 1.16 bits per heavy atom. The molecular formula is C50H52Cl2F5N3O8. The van der Waals surface area contributed by atoms with Crippen molar-refractivity contribution in [2.45, 2.75) is 84.1 Å². The van der Waals surface area contributed by atoms with E-state index in [4.69, 9.17) is 37.8 Å². The molecule has 0 saturated carbocycles. The summed E-state index contributed by atoms with van der Waals surface area (Å²) in [5, 5.41) is 15.1. The number of likely N-dealkylation sites (tertiary alicyclic amines) is 1. The zero-order valence-corrected chi connectivity index (χ0v) is 38.4. The fraction of sp³-hybridized carbons (Fsp3) is 0.320. The molecule has 5 aromatic rings. The van der Waals surface area contributed by atoms with Gasteiger partial charge in [-0.15, -0.1) is 0 Å². The van der Waals surface area contributed by atoms with Gasteiger partial charge in [0.1, 0.15) is 23.6 Å². The van der Waals surface area contributed by atoms with E-state index in [1.165, 1.54) is 6.07 Å². The maximum absolute atomic E-state index is 13.5. The highest BCUT2D eigenvalue weighted by Gasteiger charge is 2.42. The second-order valence-electron chi connectivity index (χ2n) is 15.9. The largest absolute Gasteiger partial charge is 0.489 e. The third-order valence-corrected chi connectivity index (χ3v) is 11.1. The first-order valence-corrected chi connectivity index (χ1v) is 21.8. The predicted molar refractivity (Wildman–Crippen MR) is 248 cm³/mol. The van der Waals surface area contributed by atoms with Gasteiger partial charge >= 0.3 is 11.9 Å². The quantitative estimate of drug-likeness (QED) is 0.0387. The molecule has 364 valence electrons. The van der Waals surface area contributed by atoms with Crippen molar-refractivity contribution >= 4 is 47.0 Å². The summed E-state index contributed by atoms with van der Waals surface area (Å²) in [5.41, 5.74) is 2.35. The van der Waals surface area contributed by atoms with Crippen LogP contribution in [0.25, 0.3) is 0 Å². The lowest BCUT2D eigenvalue weighted by Gasteiger charge is -2.27. The fourth-order valence-electron chi connectivity index (χ4n) is 7.52. The summed E-state index contributed by atoms with van der Waals surface area (Å²) in [6.45, 7) is 8.60. The van der Waals surface area contributed by atoms with Crippen molar-refractivity contribution in [3.8, 4) is 17.2 Å². The number of nitrogens with zero attached hydrogens (tertiary/aromatic N) is 1. The lowest BCUT2D eigenvalue weighted by molar-refractivity contribution is -0.139. The minimum Gasteiger partial charge on any atom is -0.489 e. The molecule has 5 aromatic carbocycles. The van der Waals surface area contributed by atoms with Crippen LogP contribution in [0.1, 0.15) is 91.6 Å². The van der Waals surface area contributed by atoms with Gasteiger partial charge in [0.15, 0.2) is 0 Å². The van der Waals surface area contributed by atoms with E-state index < -0.39 is 58.9 Å². The topological polar surface area (TPSA) is 144 Å². The fourth-order valence-corrected chi connectivity index (χ4v) is 7.97. The molecule has 3 N–H and O–H groups in total. The predicted octanol–water partition coefficient (Wildman–Crippen LogP) is 10.8. The summed E-state index contributed by atoms with van der Waals surface area (Å²) in [7, 11) is 1.60. The van der Waals surface area contributed by atoms with E-state index in [2.05, 4.69) is 15.4 Å². The number of benzene rings is 5. The van der Waals surface area contributed by atoms with Crippen LogP contribution in [0.2, 0.25) is 10.0 Å². The number of carbonyl (C=O) groups excluding carboxylic acids is 3. The normalized spacial score (nSPS) is 17.2. The Morgan fingerprint density at radius 1 is 0.691 bits per heavy atom. The number of ether oxygens (including phenoxy) is 3. The Labute approximate surface area is 401 Å². The molecule has 2 fully saturated rings. The standard InChI is InChI=1S/C22H25ClN2O3.C16H10ClF5O3.C11H13NO2.CH4/c1-14(2)28-19-10-9-16(13-18(19)23)22(27)25-12-11-17(20(25)21(26)24-3)15-7-5-4-6-8-15;1-6(2)24-9-4-3-7(5-8(9)17)16(23)25-15-13(21)11(19)10(18)12(20)14(15)22;13-11(14)10-9(6-7-12-10)8-4-2-1-3-5-8;/h4-10,13-14,17,20H,11-12H2,1-3H3,(H,24,26);3-6H,1-2H3;1-5,9-10,12H,6-7H2,(H,13,14);1H4/t17-,20+;;9-,10+;/m1.1./s1. The van der Waals surface area contributed by atoms with Crippen molar-refractivity contribution in [1.82, 2.24) is 15.5 Å². The molecule has 7 rings (SSSR count). The maximum atomic E-state index is 13.5. The smallest absolute Gasteiger partial charge is 0.343 e. The Kier molecular flexibility index (Phi) is 19.7. The summed E-state index contributed by atoms with van der Waals surface area (Å²) < 4.78 is 81.5. The van der Waals surface area contributed by atoms with Gasteiger partial charge in [-0.2, -0.15) is 8.78 Å². The van der Waals surface area contributed by atoms with Gasteiger partial charge in [0.25, 0.3) is 5.91 Å². The average Bonchev–Trinajstić information content (AvgIpc) is 4.00. The Balaban J connectivity index is 0.000000232. The van der Waals surface area contributed by atoms with Gasteiger partial charge in [-0.05, 0) is 94.6 Å². The average molecular weight is 989 g/mol. The number of carboxylic acids is 1. The van der Waals surface area contributed by atoms with Gasteiger partial charge in [0, 0.05) is 31.0 Å². The van der Waals surface area contributed by atoms with E-state index in [9.17, 15) is 41.1 Å². The zero-order chi connectivity index (χ0) is 49.1. The highest BCUT2D eigenvalue weighted by molar-refractivity contribution is 6.32. The number of rotatable bonds is 11. The summed E-state index contributed by atoms with van der Waals surface area (Å²) in [6.07, 6.45) is 1.42. The monoisotopic (exact) mass is 987 g/mol. The van der Waals surface area contributed by atoms with Crippen LogP contribution in [-0.4, -0.2) is 78.2 Å². The number of likely N-dealkylation sites (N-methyl/N-ethyl adjacent to an activating group) is 1. The molecule has 68 heavy (non-hydrogen) atoms. The second-order valence-corrected chi connectivity index (χ2v) is 16.7. The summed E-state index contributed by atoms with van der Waals surface area (Å²) in [5.74, 6) is -14.6. The van der Waals surface area contributed by atoms with Crippen LogP contribution in [0.3, 0.4) is 0 Å². The van der Waals surface area contributed by atoms with Crippen LogP contribution in [0.4, 0.5) is 22.0 Å². The first kappa shape index (κ1) is 54.4. The maximum Gasteiger partial charge on any atom is 0.343 e. The molecule has 2 heterocycles. The van der Waals surface area contributed by atoms with Gasteiger partial charge in [0.2, 0.25) is 40.7 Å². The number of nitrogens with one attached hydrogen (secondary N) is 2. The number of hydrogen-bond acceptors (Lipinski definition) is 8. The minimum atomic E-state index is -2.35. The van der Waals surface area contributed by atoms with E-state index in [1.807, 2.05) is 74.5 Å². The van der Waals surface area contributed by atoms with Crippen molar-refractivity contribution in [2.75, 3.05) is 20.1 Å². The Morgan fingerprint density at radius 3 is 1.63 bits per heavy atom. The van der Waals surface area contributed by atoms with Crippen LogP contribution in [-0.2, 0) is 9.59 Å². The molecule has 2 saturated heterocycles. The molecule has 4 atom stereocenters. The number of amides is 2. The van der Waals surface area contributed by atoms with E-state index in [0.29, 0.717) is 22.9 Å². The highest BCUT2D eigenvalue weighted by Crippen LogP contribution is 2.36. The summed E-state index contributed by atoms with van der Waals surface area (Å²) in [6, 6.07) is 27.3. The number of carbonyl (C=O) groups is 4. The molecular weight excluding hydrogens is 936 g/mol. The molecule has 2 amide bonds. The van der Waals surface area contributed by atoms with Crippen LogP contribution in [0.5, 0.6) is 17.2 Å². The summed E-state index contributed by atoms with van der Waals surface area (Å²) >= 11 is 12.2. The van der Waals surface area contributed by atoms with Crippen molar-refractivity contribution in [1.29, 1.82) is 0 Å². The van der Waals surface area contributed by atoms with Crippen molar-refractivity contribution < 1.29 is 60.4 Å². The number of carboxylic acid groups (broad SMARTS) is 1. The molecule has 0 spiro atoms. The third kappa shape index (κ3) is 13.3. The van der Waals surface area contributed by atoms with E-state index in [1.54, 1.807) is 44.0 Å². The number of hydrogen-bond donors (Lipinski definition) is 3. The van der Waals surface area contributed by atoms with Gasteiger partial charge in [0.05, 0.1) is 27.8 Å². The first-order valence-electron chi connectivity index (χ1n) is 21.1. The third-order valence-electron chi connectivity index (χ3n) is 10.6. The molecule has 0 bridgehead atoms. The van der Waals surface area contributed by atoms with Gasteiger partial charge < -0.3 is 34.9 Å². The second kappa shape index (κ2) is 24.7. The molecule has 2 aliphatic heterocycles. The molecule has 0 unspecified atom stereocenters. The summed E-state index contributed by atoms with van der Waals surface area (Å²) in [4.78, 5) is 50.3. The molecule has 2 aliphatic rings. The SMILES string of the molecule is C.CC(C)Oc1ccc(C(=O)Oc2c(F)c(F)c(F)c(F)c2F)cc1Cl.CNC(=O)[C@@H]1[C@@H](c2ccccc2)CCN1C(=O)c1ccc(OC(C)C)c(Cl)c1.O=C(O)[C@H]1NCC[C@@H]1c1ccccc1. The minimum absolute atomic E-state index is 0. The number of halogens is 7. The number of aliphatic carboxylic acids is 1. The molecule has 11 nitrogen and oxygen atoms in total. The lowest BCUT2D eigenvalue weighted by atomic mass is 9.91. The molecule has 0 aromatic heterocycles. The Hall–Kier alpha value is -6.23. The van der Waals surface area contributed by atoms with Gasteiger partial charge in [-0.25, -0.2) is 18.0 Å². The Bertz CT molecular complexity index is 2530. The molecule has 0 aliphatic carbocycles. The number of esters is 1. The van der Waals surface area contributed by atoms with Gasteiger partial charge in [-0.3, -0.25) is 14.4 Å². The molecule has 18 heteroatoms. The lowest BCUT2D eigenvalue weighted by Crippen LogP contribution is -2.47. The zero-order valence-electron chi connectivity index (χ0n) is 36.9. The highest BCUT2D eigenvalue weighted by atomic mass is 35.5. The van der Waals surface area contributed by atoms with E-state index >= 15 is 0 Å². The van der Waals surface area contributed by atoms with Crippen LogP contribution in [0, 0.1) is 29.1 Å². The van der Waals surface area contributed by atoms with E-state index in [0.717, 1.165) is 42.6 Å². The first-order chi connectivity index (χ1) is 31.8. The van der Waals surface area contributed by atoms with Gasteiger partial charge in [-0.1, -0.05) is 91.3 Å². The van der Waals surface area contributed by atoms with Crippen LogP contribution < -0.4 is 24.8 Å².